The number of carbonyl (C=O) groups is 1. The van der Waals surface area contributed by atoms with Crippen LogP contribution in [0.25, 0.3) is 0 Å². The van der Waals surface area contributed by atoms with E-state index in [1.54, 1.807) is 0 Å². The minimum atomic E-state index is -0.458. The van der Waals surface area contributed by atoms with Crippen molar-refractivity contribution >= 4 is 5.97 Å². The topological polar surface area (TPSA) is 35.5 Å². The molecule has 0 aromatic rings. The van der Waals surface area contributed by atoms with Crippen LogP contribution in [-0.2, 0) is 14.3 Å². The smallest absolute Gasteiger partial charge is 0.313 e. The Morgan fingerprint density at radius 3 is 2.22 bits per heavy atom. The molecular weight excluding hydrogens is 336 g/mol. The molecule has 3 rings (SSSR count). The highest BCUT2D eigenvalue weighted by atomic mass is 16.7. The predicted octanol–water partition coefficient (Wildman–Crippen LogP) is 6.49. The Bertz CT molecular complexity index is 553. The van der Waals surface area contributed by atoms with Crippen LogP contribution in [0, 0.1) is 27.6 Å². The fourth-order valence-corrected chi connectivity index (χ4v) is 6.05. The number of hydrogen-bond donors (Lipinski definition) is 0. The van der Waals surface area contributed by atoms with Crippen LogP contribution in [0.5, 0.6) is 0 Å². The highest BCUT2D eigenvalue weighted by Crippen LogP contribution is 2.64. The molecule has 0 spiro atoms. The largest absolute Gasteiger partial charge is 0.435 e. The van der Waals surface area contributed by atoms with Gasteiger partial charge in [0.25, 0.3) is 0 Å². The molecule has 3 aliphatic carbocycles. The second kappa shape index (κ2) is 7.04. The van der Waals surface area contributed by atoms with Gasteiger partial charge < -0.3 is 9.47 Å². The van der Waals surface area contributed by atoms with E-state index in [0.29, 0.717) is 0 Å². The average Bonchev–Trinajstić information content (AvgIpc) is 3.09. The first-order valence-electron chi connectivity index (χ1n) is 11.3. The molecule has 27 heavy (non-hydrogen) atoms. The van der Waals surface area contributed by atoms with E-state index in [4.69, 9.17) is 9.47 Å². The number of carbonyl (C=O) groups excluding carboxylic acids is 1. The summed E-state index contributed by atoms with van der Waals surface area (Å²) < 4.78 is 13.1. The van der Waals surface area contributed by atoms with Crippen LogP contribution >= 0.6 is 0 Å². The highest BCUT2D eigenvalue weighted by molar-refractivity contribution is 5.75. The van der Waals surface area contributed by atoms with Gasteiger partial charge in [-0.15, -0.1) is 0 Å². The van der Waals surface area contributed by atoms with E-state index < -0.39 is 11.7 Å². The zero-order chi connectivity index (χ0) is 20.1. The van der Waals surface area contributed by atoms with Crippen molar-refractivity contribution in [3.8, 4) is 0 Å². The Morgan fingerprint density at radius 2 is 1.70 bits per heavy atom. The first-order valence-corrected chi connectivity index (χ1v) is 11.3. The summed E-state index contributed by atoms with van der Waals surface area (Å²) in [6.45, 7) is 15.4. The van der Waals surface area contributed by atoms with Crippen molar-refractivity contribution in [1.29, 1.82) is 0 Å². The first-order chi connectivity index (χ1) is 12.4. The van der Waals surface area contributed by atoms with Gasteiger partial charge in [0.1, 0.15) is 0 Å². The normalized spacial score (nSPS) is 35.8. The highest BCUT2D eigenvalue weighted by Gasteiger charge is 2.61. The van der Waals surface area contributed by atoms with E-state index in [9.17, 15) is 4.79 Å². The maximum absolute atomic E-state index is 13.0. The standard InChI is InChI=1S/C24H42O3/c1-8-21(2,3)19(25)27-20(23(6)13-10-9-11-14-23)26-18-22(4,5)17-12-15-24(18,7)16-17/h17-18,20H,8-16H2,1-7H3. The Hall–Kier alpha value is -0.570. The quantitative estimate of drug-likeness (QED) is 0.391. The molecule has 3 fully saturated rings. The number of esters is 1. The summed E-state index contributed by atoms with van der Waals surface area (Å²) in [6, 6.07) is 0. The molecule has 0 saturated heterocycles. The van der Waals surface area contributed by atoms with Crippen molar-refractivity contribution in [2.75, 3.05) is 0 Å². The number of ether oxygens (including phenoxy) is 2. The van der Waals surface area contributed by atoms with Crippen molar-refractivity contribution in [2.45, 2.75) is 119 Å². The van der Waals surface area contributed by atoms with Crippen LogP contribution in [0.2, 0.25) is 0 Å². The molecule has 0 amide bonds. The monoisotopic (exact) mass is 378 g/mol. The van der Waals surface area contributed by atoms with Crippen molar-refractivity contribution in [2.24, 2.45) is 27.6 Å². The minimum Gasteiger partial charge on any atom is -0.435 e. The van der Waals surface area contributed by atoms with E-state index in [-0.39, 0.29) is 28.3 Å². The van der Waals surface area contributed by atoms with Gasteiger partial charge in [-0.25, -0.2) is 0 Å². The zero-order valence-corrected chi connectivity index (χ0v) is 18.8. The number of hydrogen-bond acceptors (Lipinski definition) is 3. The molecule has 3 saturated carbocycles. The summed E-state index contributed by atoms with van der Waals surface area (Å²) in [7, 11) is 0. The van der Waals surface area contributed by atoms with Crippen molar-refractivity contribution in [3.05, 3.63) is 0 Å². The summed E-state index contributed by atoms with van der Waals surface area (Å²) in [5.74, 6) is 0.628. The lowest BCUT2D eigenvalue weighted by Crippen LogP contribution is -2.50. The summed E-state index contributed by atoms with van der Waals surface area (Å²) in [5, 5.41) is 0. The molecule has 156 valence electrons. The predicted molar refractivity (Wildman–Crippen MR) is 109 cm³/mol. The summed E-state index contributed by atoms with van der Waals surface area (Å²) in [6.07, 6.45) is 10.2. The maximum Gasteiger partial charge on any atom is 0.313 e. The fraction of sp³-hybridized carbons (Fsp3) is 0.958. The molecule has 0 aliphatic heterocycles. The van der Waals surface area contributed by atoms with Gasteiger partial charge >= 0.3 is 5.97 Å². The van der Waals surface area contributed by atoms with Crippen molar-refractivity contribution < 1.29 is 14.3 Å². The van der Waals surface area contributed by atoms with Gasteiger partial charge in [0.15, 0.2) is 0 Å². The molecule has 0 aromatic heterocycles. The van der Waals surface area contributed by atoms with E-state index in [1.807, 2.05) is 13.8 Å². The molecule has 3 heteroatoms. The van der Waals surface area contributed by atoms with Crippen LogP contribution in [0.4, 0.5) is 0 Å². The lowest BCUT2D eigenvalue weighted by Gasteiger charge is -2.48. The van der Waals surface area contributed by atoms with E-state index in [0.717, 1.165) is 25.2 Å². The van der Waals surface area contributed by atoms with Crippen LogP contribution in [0.3, 0.4) is 0 Å². The van der Waals surface area contributed by atoms with Gasteiger partial charge in [0.2, 0.25) is 6.29 Å². The Labute approximate surface area is 167 Å². The van der Waals surface area contributed by atoms with Gasteiger partial charge in [-0.2, -0.15) is 0 Å². The SMILES string of the molecule is CCC(C)(C)C(=O)OC(OC1C2(C)CCC(C2)C1(C)C)C1(C)CCCCC1. The summed E-state index contributed by atoms with van der Waals surface area (Å²) >= 11 is 0. The molecule has 0 aromatic carbocycles. The lowest BCUT2D eigenvalue weighted by molar-refractivity contribution is -0.262. The molecule has 0 radical (unpaired) electrons. The van der Waals surface area contributed by atoms with E-state index in [1.165, 1.54) is 38.5 Å². The third-order valence-electron chi connectivity index (χ3n) is 8.61. The molecular formula is C24H42O3. The lowest BCUT2D eigenvalue weighted by atomic mass is 9.69. The maximum atomic E-state index is 13.0. The molecule has 4 atom stereocenters. The van der Waals surface area contributed by atoms with Crippen LogP contribution < -0.4 is 0 Å². The second-order valence-corrected chi connectivity index (χ2v) is 11.6. The van der Waals surface area contributed by atoms with Crippen LogP contribution in [0.15, 0.2) is 0 Å². The zero-order valence-electron chi connectivity index (χ0n) is 18.8. The minimum absolute atomic E-state index is 0.0635. The molecule has 3 nitrogen and oxygen atoms in total. The second-order valence-electron chi connectivity index (χ2n) is 11.6. The molecule has 0 heterocycles. The molecule has 3 aliphatic rings. The van der Waals surface area contributed by atoms with Crippen molar-refractivity contribution in [3.63, 3.8) is 0 Å². The van der Waals surface area contributed by atoms with Gasteiger partial charge in [-0.05, 0) is 69.1 Å². The fourth-order valence-electron chi connectivity index (χ4n) is 6.05. The Morgan fingerprint density at radius 1 is 1.07 bits per heavy atom. The van der Waals surface area contributed by atoms with Gasteiger partial charge in [-0.3, -0.25) is 4.79 Å². The van der Waals surface area contributed by atoms with Crippen molar-refractivity contribution in [1.82, 2.24) is 0 Å². The molecule has 2 bridgehead atoms. The third kappa shape index (κ3) is 3.70. The Balaban J connectivity index is 1.85. The Kier molecular flexibility index (Phi) is 5.51. The van der Waals surface area contributed by atoms with Crippen LogP contribution in [0.1, 0.15) is 106 Å². The van der Waals surface area contributed by atoms with Gasteiger partial charge in [0.05, 0.1) is 11.5 Å². The van der Waals surface area contributed by atoms with Gasteiger partial charge in [-0.1, -0.05) is 53.9 Å². The van der Waals surface area contributed by atoms with Crippen LogP contribution in [-0.4, -0.2) is 18.4 Å². The van der Waals surface area contributed by atoms with E-state index in [2.05, 4.69) is 34.6 Å². The molecule has 0 N–H and O–H groups in total. The molecule has 4 unspecified atom stereocenters. The van der Waals surface area contributed by atoms with E-state index >= 15 is 0 Å². The average molecular weight is 379 g/mol. The number of rotatable bonds is 6. The van der Waals surface area contributed by atoms with Gasteiger partial charge in [0, 0.05) is 5.41 Å². The summed E-state index contributed by atoms with van der Waals surface area (Å²) in [4.78, 5) is 13.0. The summed E-state index contributed by atoms with van der Waals surface area (Å²) in [5.41, 5.74) is -0.139. The first kappa shape index (κ1) is 21.1. The third-order valence-corrected chi connectivity index (χ3v) is 8.61. The number of fused-ring (bicyclic) bond motifs is 2.